The van der Waals surface area contributed by atoms with Crippen molar-refractivity contribution < 1.29 is 5.11 Å². The summed E-state index contributed by atoms with van der Waals surface area (Å²) in [6, 6.07) is 0. The summed E-state index contributed by atoms with van der Waals surface area (Å²) in [5.74, 6) is 0.646. The maximum Gasteiger partial charge on any atom is 0.0807 e. The van der Waals surface area contributed by atoms with Gasteiger partial charge in [0.15, 0.2) is 0 Å². The molecule has 1 saturated carbocycles. The molecule has 2 nitrogen and oxygen atoms in total. The minimum Gasteiger partial charge on any atom is -0.388 e. The van der Waals surface area contributed by atoms with E-state index in [4.69, 9.17) is 0 Å². The molecular formula is C8H14INO. The Morgan fingerprint density at radius 2 is 2.45 bits per heavy atom. The number of likely N-dealkylation sites (tertiary alicyclic amines) is 1. The Labute approximate surface area is 81.1 Å². The fourth-order valence-electron chi connectivity index (χ4n) is 2.05. The highest BCUT2D eigenvalue weighted by molar-refractivity contribution is 14.1. The van der Waals surface area contributed by atoms with Crippen molar-refractivity contribution in [1.82, 2.24) is 4.90 Å². The fraction of sp³-hybridized carbons (Fsp3) is 1.00. The van der Waals surface area contributed by atoms with Crippen molar-refractivity contribution in [1.29, 1.82) is 0 Å². The Hall–Kier alpha value is 0.650. The number of alkyl halides is 1. The van der Waals surface area contributed by atoms with Crippen molar-refractivity contribution in [3.05, 3.63) is 0 Å². The number of rotatable bonds is 2. The predicted octanol–water partition coefficient (Wildman–Crippen LogP) is 0.878. The fourth-order valence-corrected chi connectivity index (χ4v) is 2.73. The van der Waals surface area contributed by atoms with Crippen LogP contribution in [0.25, 0.3) is 0 Å². The van der Waals surface area contributed by atoms with Crippen LogP contribution in [0.5, 0.6) is 0 Å². The zero-order valence-electron chi connectivity index (χ0n) is 6.59. The van der Waals surface area contributed by atoms with E-state index in [-0.39, 0.29) is 5.60 Å². The highest BCUT2D eigenvalue weighted by Crippen LogP contribution is 2.48. The minimum atomic E-state index is -0.260. The van der Waals surface area contributed by atoms with Crippen LogP contribution in [0.3, 0.4) is 0 Å². The van der Waals surface area contributed by atoms with E-state index in [1.807, 2.05) is 0 Å². The molecule has 0 radical (unpaired) electrons. The van der Waals surface area contributed by atoms with Crippen LogP contribution in [0.2, 0.25) is 0 Å². The van der Waals surface area contributed by atoms with Gasteiger partial charge >= 0.3 is 0 Å². The first-order chi connectivity index (χ1) is 5.24. The van der Waals surface area contributed by atoms with Crippen LogP contribution >= 0.6 is 22.6 Å². The Bertz CT molecular complexity index is 164. The molecule has 1 N–H and O–H groups in total. The van der Waals surface area contributed by atoms with Gasteiger partial charge in [-0.1, -0.05) is 22.6 Å². The molecule has 2 fully saturated rings. The largest absolute Gasteiger partial charge is 0.388 e. The van der Waals surface area contributed by atoms with E-state index in [2.05, 4.69) is 27.5 Å². The Morgan fingerprint density at radius 3 is 3.09 bits per heavy atom. The van der Waals surface area contributed by atoms with Crippen molar-refractivity contribution in [3.63, 3.8) is 0 Å². The van der Waals surface area contributed by atoms with Crippen LogP contribution in [-0.4, -0.2) is 39.7 Å². The minimum absolute atomic E-state index is 0.260. The van der Waals surface area contributed by atoms with Gasteiger partial charge in [0.05, 0.1) is 5.60 Å². The summed E-state index contributed by atoms with van der Waals surface area (Å²) in [5.41, 5.74) is -0.260. The van der Waals surface area contributed by atoms with Gasteiger partial charge in [0.2, 0.25) is 0 Å². The van der Waals surface area contributed by atoms with E-state index < -0.39 is 0 Å². The third kappa shape index (κ3) is 1.55. The van der Waals surface area contributed by atoms with Gasteiger partial charge in [-0.25, -0.2) is 0 Å². The molecule has 2 aliphatic rings. The third-order valence-electron chi connectivity index (χ3n) is 2.89. The van der Waals surface area contributed by atoms with Gasteiger partial charge in [-0.2, -0.15) is 0 Å². The van der Waals surface area contributed by atoms with Gasteiger partial charge in [-0.3, -0.25) is 4.90 Å². The van der Waals surface area contributed by atoms with Crippen LogP contribution < -0.4 is 0 Å². The quantitative estimate of drug-likeness (QED) is 0.593. The first-order valence-corrected chi connectivity index (χ1v) is 5.78. The van der Waals surface area contributed by atoms with E-state index in [9.17, 15) is 5.11 Å². The molecule has 1 heterocycles. The van der Waals surface area contributed by atoms with E-state index in [1.54, 1.807) is 0 Å². The monoisotopic (exact) mass is 267 g/mol. The maximum absolute atomic E-state index is 9.80. The van der Waals surface area contributed by atoms with Crippen LogP contribution in [0.4, 0.5) is 0 Å². The van der Waals surface area contributed by atoms with Crippen LogP contribution in [0.15, 0.2) is 0 Å². The Kier molecular flexibility index (Phi) is 2.14. The smallest absolute Gasteiger partial charge is 0.0807 e. The molecule has 2 atom stereocenters. The number of β-amino-alcohol motifs (C(OH)–C–C–N with tert-alkyl or cyclic N) is 1. The normalized spacial score (nSPS) is 43.6. The molecule has 11 heavy (non-hydrogen) atoms. The predicted molar refractivity (Wildman–Crippen MR) is 53.0 cm³/mol. The SMILES string of the molecule is O[C@]12C[C@H]1CCN(CCI)C2. The van der Waals surface area contributed by atoms with Crippen LogP contribution in [0.1, 0.15) is 12.8 Å². The molecule has 0 aromatic carbocycles. The molecule has 3 heteroatoms. The van der Waals surface area contributed by atoms with E-state index >= 15 is 0 Å². The Balaban J connectivity index is 1.87. The molecular weight excluding hydrogens is 253 g/mol. The summed E-state index contributed by atoms with van der Waals surface area (Å²) in [4.78, 5) is 2.38. The summed E-state index contributed by atoms with van der Waals surface area (Å²) in [5, 5.41) is 9.80. The molecule has 0 aromatic heterocycles. The molecule has 0 aromatic rings. The molecule has 0 amide bonds. The van der Waals surface area contributed by atoms with Gasteiger partial charge in [0.1, 0.15) is 0 Å². The molecule has 0 spiro atoms. The molecule has 64 valence electrons. The summed E-state index contributed by atoms with van der Waals surface area (Å²) in [6.07, 6.45) is 2.28. The topological polar surface area (TPSA) is 23.5 Å². The van der Waals surface area contributed by atoms with E-state index in [0.29, 0.717) is 5.92 Å². The second kappa shape index (κ2) is 2.85. The first-order valence-electron chi connectivity index (χ1n) is 4.25. The first kappa shape index (κ1) is 8.26. The number of halogens is 1. The van der Waals surface area contributed by atoms with E-state index in [0.717, 1.165) is 19.5 Å². The number of nitrogens with zero attached hydrogens (tertiary/aromatic N) is 1. The summed E-state index contributed by atoms with van der Waals surface area (Å²) in [6.45, 7) is 3.28. The Morgan fingerprint density at radius 1 is 1.64 bits per heavy atom. The second-order valence-electron chi connectivity index (χ2n) is 3.76. The number of hydrogen-bond acceptors (Lipinski definition) is 2. The lowest BCUT2D eigenvalue weighted by Crippen LogP contribution is -2.40. The standard InChI is InChI=1S/C8H14INO/c9-2-4-10-3-1-7-5-8(7,11)6-10/h7,11H,1-6H2/t7-,8+/m1/s1. The number of hydrogen-bond donors (Lipinski definition) is 1. The number of aliphatic hydroxyl groups is 1. The zero-order valence-corrected chi connectivity index (χ0v) is 8.75. The lowest BCUT2D eigenvalue weighted by atomic mass is 10.1. The zero-order chi connectivity index (χ0) is 7.90. The van der Waals surface area contributed by atoms with Crippen molar-refractivity contribution in [2.45, 2.75) is 18.4 Å². The lowest BCUT2D eigenvalue weighted by Gasteiger charge is -2.29. The van der Waals surface area contributed by atoms with Gasteiger partial charge in [0, 0.05) is 17.5 Å². The van der Waals surface area contributed by atoms with Gasteiger partial charge in [-0.05, 0) is 25.3 Å². The van der Waals surface area contributed by atoms with Gasteiger partial charge in [0.25, 0.3) is 0 Å². The van der Waals surface area contributed by atoms with Crippen molar-refractivity contribution in [2.24, 2.45) is 5.92 Å². The maximum atomic E-state index is 9.80. The third-order valence-corrected chi connectivity index (χ3v) is 3.37. The molecule has 1 saturated heterocycles. The molecule has 1 aliphatic carbocycles. The highest BCUT2D eigenvalue weighted by Gasteiger charge is 2.55. The average molecular weight is 267 g/mol. The highest BCUT2D eigenvalue weighted by atomic mass is 127. The summed E-state index contributed by atoms with van der Waals surface area (Å²) in [7, 11) is 0. The molecule has 2 rings (SSSR count). The van der Waals surface area contributed by atoms with Crippen molar-refractivity contribution >= 4 is 22.6 Å². The number of piperidine rings is 1. The van der Waals surface area contributed by atoms with Gasteiger partial charge in [-0.15, -0.1) is 0 Å². The van der Waals surface area contributed by atoms with Crippen LogP contribution in [0, 0.1) is 5.92 Å². The van der Waals surface area contributed by atoms with Gasteiger partial charge < -0.3 is 5.11 Å². The summed E-state index contributed by atoms with van der Waals surface area (Å²) < 4.78 is 1.18. The molecule has 1 aliphatic heterocycles. The second-order valence-corrected chi connectivity index (χ2v) is 4.84. The average Bonchev–Trinajstić information content (AvgIpc) is 2.60. The summed E-state index contributed by atoms with van der Waals surface area (Å²) >= 11 is 2.39. The van der Waals surface area contributed by atoms with Crippen LogP contribution in [-0.2, 0) is 0 Å². The lowest BCUT2D eigenvalue weighted by molar-refractivity contribution is 0.0537. The number of fused-ring (bicyclic) bond motifs is 1. The van der Waals surface area contributed by atoms with Crippen molar-refractivity contribution in [3.8, 4) is 0 Å². The van der Waals surface area contributed by atoms with E-state index in [1.165, 1.54) is 17.4 Å². The van der Waals surface area contributed by atoms with Crippen molar-refractivity contribution in [2.75, 3.05) is 24.1 Å². The molecule has 0 unspecified atom stereocenters. The molecule has 0 bridgehead atoms.